The fourth-order valence-electron chi connectivity index (χ4n) is 2.98. The lowest BCUT2D eigenvalue weighted by Crippen LogP contribution is -2.04. The highest BCUT2D eigenvalue weighted by molar-refractivity contribution is 9.10. The van der Waals surface area contributed by atoms with Crippen LogP contribution in [-0.4, -0.2) is 21.6 Å². The Morgan fingerprint density at radius 2 is 1.96 bits per heavy atom. The van der Waals surface area contributed by atoms with Crippen LogP contribution in [0.3, 0.4) is 0 Å². The van der Waals surface area contributed by atoms with E-state index in [0.717, 1.165) is 38.3 Å². The monoisotopic (exact) mass is 427 g/mol. The highest BCUT2D eigenvalue weighted by Gasteiger charge is 2.16. The molecule has 0 aliphatic rings. The standard InChI is InChI=1S/C20H15BrClN3O/c1-26-19-11-15(22)7-6-13(19)12-25-18-5-3-2-4-16(18)24-20(25)17-10-14(21)8-9-23-17/h2-11H,12H2,1H3. The van der Waals surface area contributed by atoms with E-state index in [-0.39, 0.29) is 0 Å². The van der Waals surface area contributed by atoms with E-state index in [1.165, 1.54) is 0 Å². The molecule has 4 rings (SSSR count). The van der Waals surface area contributed by atoms with E-state index in [2.05, 4.69) is 31.5 Å². The third-order valence-corrected chi connectivity index (χ3v) is 4.91. The molecule has 4 nitrogen and oxygen atoms in total. The van der Waals surface area contributed by atoms with Crippen LogP contribution >= 0.6 is 27.5 Å². The summed E-state index contributed by atoms with van der Waals surface area (Å²) in [4.78, 5) is 9.30. The highest BCUT2D eigenvalue weighted by atomic mass is 79.9. The van der Waals surface area contributed by atoms with E-state index in [1.807, 2.05) is 48.5 Å². The van der Waals surface area contributed by atoms with Crippen molar-refractivity contribution in [1.29, 1.82) is 0 Å². The minimum absolute atomic E-state index is 0.602. The van der Waals surface area contributed by atoms with E-state index >= 15 is 0 Å². The average Bonchev–Trinajstić information content (AvgIpc) is 3.02. The van der Waals surface area contributed by atoms with Crippen molar-refractivity contribution in [2.24, 2.45) is 0 Å². The van der Waals surface area contributed by atoms with Gasteiger partial charge in [0.1, 0.15) is 11.4 Å². The van der Waals surface area contributed by atoms with Gasteiger partial charge in [-0.1, -0.05) is 45.7 Å². The van der Waals surface area contributed by atoms with Gasteiger partial charge in [-0.15, -0.1) is 0 Å². The number of hydrogen-bond acceptors (Lipinski definition) is 3. The maximum Gasteiger partial charge on any atom is 0.160 e. The SMILES string of the molecule is COc1cc(Cl)ccc1Cn1c(-c2cc(Br)ccn2)nc2ccccc21. The maximum absolute atomic E-state index is 6.10. The molecule has 0 atom stereocenters. The fourth-order valence-corrected chi connectivity index (χ4v) is 3.47. The number of methoxy groups -OCH3 is 1. The van der Waals surface area contributed by atoms with Crippen LogP contribution in [-0.2, 0) is 6.54 Å². The lowest BCUT2D eigenvalue weighted by atomic mass is 10.2. The van der Waals surface area contributed by atoms with Crippen molar-refractivity contribution in [1.82, 2.24) is 14.5 Å². The molecule has 0 unspecified atom stereocenters. The van der Waals surface area contributed by atoms with Gasteiger partial charge in [-0.05, 0) is 36.4 Å². The Balaban J connectivity index is 1.90. The predicted octanol–water partition coefficient (Wildman–Crippen LogP) is 5.57. The number of ether oxygens (including phenoxy) is 1. The zero-order valence-corrected chi connectivity index (χ0v) is 16.3. The summed E-state index contributed by atoms with van der Waals surface area (Å²) >= 11 is 9.62. The number of para-hydroxylation sites is 2. The van der Waals surface area contributed by atoms with Gasteiger partial charge in [-0.25, -0.2) is 4.98 Å². The minimum atomic E-state index is 0.602. The summed E-state index contributed by atoms with van der Waals surface area (Å²) in [7, 11) is 1.65. The number of aromatic nitrogens is 3. The Labute approximate surface area is 164 Å². The van der Waals surface area contributed by atoms with Crippen molar-refractivity contribution in [3.05, 3.63) is 75.9 Å². The van der Waals surface area contributed by atoms with Gasteiger partial charge in [-0.3, -0.25) is 4.98 Å². The van der Waals surface area contributed by atoms with Crippen LogP contribution in [0.25, 0.3) is 22.6 Å². The van der Waals surface area contributed by atoms with E-state index in [4.69, 9.17) is 21.3 Å². The number of nitrogens with zero attached hydrogens (tertiary/aromatic N) is 3. The summed E-state index contributed by atoms with van der Waals surface area (Å²) < 4.78 is 8.62. The lowest BCUT2D eigenvalue weighted by Gasteiger charge is -2.13. The number of halogens is 2. The van der Waals surface area contributed by atoms with Crippen molar-refractivity contribution in [2.45, 2.75) is 6.54 Å². The summed E-state index contributed by atoms with van der Waals surface area (Å²) in [6, 6.07) is 17.6. The molecule has 0 fully saturated rings. The number of benzene rings is 2. The van der Waals surface area contributed by atoms with Crippen molar-refractivity contribution in [3.63, 3.8) is 0 Å². The smallest absolute Gasteiger partial charge is 0.160 e. The lowest BCUT2D eigenvalue weighted by molar-refractivity contribution is 0.408. The van der Waals surface area contributed by atoms with Crippen molar-refractivity contribution < 1.29 is 4.74 Å². The van der Waals surface area contributed by atoms with Gasteiger partial charge in [0.25, 0.3) is 0 Å². The van der Waals surface area contributed by atoms with Gasteiger partial charge in [0.15, 0.2) is 5.82 Å². The molecule has 0 saturated carbocycles. The molecule has 0 aliphatic heterocycles. The molecule has 4 aromatic rings. The first-order valence-electron chi connectivity index (χ1n) is 8.05. The van der Waals surface area contributed by atoms with Crippen LogP contribution < -0.4 is 4.74 Å². The Kier molecular flexibility index (Phi) is 4.66. The summed E-state index contributed by atoms with van der Waals surface area (Å²) in [6.07, 6.45) is 1.77. The Morgan fingerprint density at radius 3 is 2.77 bits per heavy atom. The van der Waals surface area contributed by atoms with Crippen LogP contribution in [0.2, 0.25) is 5.02 Å². The third kappa shape index (κ3) is 3.20. The van der Waals surface area contributed by atoms with Crippen LogP contribution in [0, 0.1) is 0 Å². The van der Waals surface area contributed by atoms with E-state index in [1.54, 1.807) is 13.3 Å². The molecule has 0 N–H and O–H groups in total. The maximum atomic E-state index is 6.10. The summed E-state index contributed by atoms with van der Waals surface area (Å²) in [5.41, 5.74) is 3.80. The van der Waals surface area contributed by atoms with E-state index < -0.39 is 0 Å². The van der Waals surface area contributed by atoms with Gasteiger partial charge in [0.2, 0.25) is 0 Å². The second-order valence-electron chi connectivity index (χ2n) is 5.83. The molecule has 2 heterocycles. The van der Waals surface area contributed by atoms with Gasteiger partial charge in [0, 0.05) is 21.3 Å². The van der Waals surface area contributed by atoms with Crippen molar-refractivity contribution in [2.75, 3.05) is 7.11 Å². The van der Waals surface area contributed by atoms with Gasteiger partial charge < -0.3 is 9.30 Å². The first-order valence-corrected chi connectivity index (χ1v) is 9.22. The topological polar surface area (TPSA) is 39.9 Å². The van der Waals surface area contributed by atoms with E-state index in [0.29, 0.717) is 11.6 Å². The zero-order chi connectivity index (χ0) is 18.1. The van der Waals surface area contributed by atoms with Crippen LogP contribution in [0.4, 0.5) is 0 Å². The quantitative estimate of drug-likeness (QED) is 0.426. The van der Waals surface area contributed by atoms with Crippen LogP contribution in [0.1, 0.15) is 5.56 Å². The molecule has 2 aromatic carbocycles. The van der Waals surface area contributed by atoms with Gasteiger partial charge >= 0.3 is 0 Å². The molecule has 2 aromatic heterocycles. The minimum Gasteiger partial charge on any atom is -0.496 e. The second kappa shape index (κ2) is 7.09. The summed E-state index contributed by atoms with van der Waals surface area (Å²) in [6.45, 7) is 0.602. The Bertz CT molecular complexity index is 1090. The number of pyridine rings is 1. The molecule has 130 valence electrons. The Hall–Kier alpha value is -2.37. The normalized spacial score (nSPS) is 11.0. The van der Waals surface area contributed by atoms with Gasteiger partial charge in [-0.2, -0.15) is 0 Å². The fraction of sp³-hybridized carbons (Fsp3) is 0.100. The molecule has 26 heavy (non-hydrogen) atoms. The van der Waals surface area contributed by atoms with Gasteiger partial charge in [0.05, 0.1) is 24.7 Å². The molecular weight excluding hydrogens is 414 g/mol. The molecule has 0 saturated heterocycles. The molecule has 0 amide bonds. The van der Waals surface area contributed by atoms with Crippen molar-refractivity contribution >= 4 is 38.6 Å². The number of fused-ring (bicyclic) bond motifs is 1. The molecule has 0 spiro atoms. The number of imidazole rings is 1. The third-order valence-electron chi connectivity index (χ3n) is 4.18. The number of rotatable bonds is 4. The second-order valence-corrected chi connectivity index (χ2v) is 7.18. The first kappa shape index (κ1) is 17.1. The van der Waals surface area contributed by atoms with Crippen molar-refractivity contribution in [3.8, 4) is 17.3 Å². The molecule has 0 radical (unpaired) electrons. The summed E-state index contributed by atoms with van der Waals surface area (Å²) in [5, 5.41) is 0.648. The summed E-state index contributed by atoms with van der Waals surface area (Å²) in [5.74, 6) is 1.56. The molecule has 6 heteroatoms. The van der Waals surface area contributed by atoms with Crippen LogP contribution in [0.5, 0.6) is 5.75 Å². The van der Waals surface area contributed by atoms with Crippen LogP contribution in [0.15, 0.2) is 65.3 Å². The van der Waals surface area contributed by atoms with E-state index in [9.17, 15) is 0 Å². The average molecular weight is 429 g/mol. The Morgan fingerprint density at radius 1 is 1.12 bits per heavy atom. The molecule has 0 bridgehead atoms. The number of hydrogen-bond donors (Lipinski definition) is 0. The predicted molar refractivity (Wildman–Crippen MR) is 108 cm³/mol. The highest BCUT2D eigenvalue weighted by Crippen LogP contribution is 2.29. The largest absolute Gasteiger partial charge is 0.496 e. The zero-order valence-electron chi connectivity index (χ0n) is 14.0. The first-order chi connectivity index (χ1) is 12.7. The molecule has 0 aliphatic carbocycles. The molecular formula is C20H15BrClN3O.